The summed E-state index contributed by atoms with van der Waals surface area (Å²) in [4.78, 5) is 2.71. The van der Waals surface area contributed by atoms with Gasteiger partial charge in [-0.25, -0.2) is 0 Å². The molecule has 0 aromatic rings. The topological polar surface area (TPSA) is 15.3 Å². The van der Waals surface area contributed by atoms with Crippen LogP contribution < -0.4 is 5.32 Å². The van der Waals surface area contributed by atoms with E-state index in [-0.39, 0.29) is 0 Å². The Kier molecular flexibility index (Phi) is 7.37. The molecule has 1 N–H and O–H groups in total. The van der Waals surface area contributed by atoms with Gasteiger partial charge in [-0.15, -0.1) is 0 Å². The third kappa shape index (κ3) is 5.73. The summed E-state index contributed by atoms with van der Waals surface area (Å²) >= 11 is 0. The molecule has 118 valence electrons. The highest BCUT2D eigenvalue weighted by molar-refractivity contribution is 4.74. The van der Waals surface area contributed by atoms with Crippen LogP contribution in [-0.2, 0) is 0 Å². The first-order valence-corrected chi connectivity index (χ1v) is 9.21. The minimum Gasteiger partial charge on any atom is -0.314 e. The molecule has 1 unspecified atom stereocenters. The third-order valence-corrected chi connectivity index (χ3v) is 5.50. The van der Waals surface area contributed by atoms with Crippen molar-refractivity contribution < 1.29 is 0 Å². The van der Waals surface area contributed by atoms with Gasteiger partial charge in [0.15, 0.2) is 0 Å². The number of hydrogen-bond donors (Lipinski definition) is 1. The molecule has 2 fully saturated rings. The van der Waals surface area contributed by atoms with E-state index < -0.39 is 0 Å². The number of nitrogens with zero attached hydrogens (tertiary/aromatic N) is 1. The molecule has 1 heterocycles. The van der Waals surface area contributed by atoms with E-state index in [0.717, 1.165) is 17.9 Å². The lowest BCUT2D eigenvalue weighted by Crippen LogP contribution is -2.34. The van der Waals surface area contributed by atoms with Crippen LogP contribution >= 0.6 is 0 Å². The quantitative estimate of drug-likeness (QED) is 0.738. The minimum absolute atomic E-state index is 0.832. The number of rotatable bonds is 6. The molecule has 2 nitrogen and oxygen atoms in total. The van der Waals surface area contributed by atoms with Crippen molar-refractivity contribution in [3.8, 4) is 0 Å². The Morgan fingerprint density at radius 3 is 2.50 bits per heavy atom. The van der Waals surface area contributed by atoms with Gasteiger partial charge < -0.3 is 10.2 Å². The molecule has 1 saturated heterocycles. The lowest BCUT2D eigenvalue weighted by atomic mass is 9.89. The third-order valence-electron chi connectivity index (χ3n) is 5.50. The van der Waals surface area contributed by atoms with Crippen LogP contribution in [0.3, 0.4) is 0 Å². The summed E-state index contributed by atoms with van der Waals surface area (Å²) in [6.07, 6.45) is 12.8. The van der Waals surface area contributed by atoms with Crippen LogP contribution in [-0.4, -0.2) is 37.1 Å². The maximum absolute atomic E-state index is 3.78. The summed E-state index contributed by atoms with van der Waals surface area (Å²) in [7, 11) is 0. The summed E-state index contributed by atoms with van der Waals surface area (Å²) in [6, 6.07) is 0.832. The Bertz CT molecular complexity index is 246. The van der Waals surface area contributed by atoms with E-state index in [9.17, 15) is 0 Å². The van der Waals surface area contributed by atoms with Crippen molar-refractivity contribution in [1.82, 2.24) is 10.2 Å². The molecule has 0 amide bonds. The highest BCUT2D eigenvalue weighted by Gasteiger charge is 2.19. The summed E-state index contributed by atoms with van der Waals surface area (Å²) in [6.45, 7) is 10.0. The molecule has 0 aromatic heterocycles. The fourth-order valence-electron chi connectivity index (χ4n) is 3.99. The van der Waals surface area contributed by atoms with Gasteiger partial charge in [-0.1, -0.05) is 33.1 Å². The van der Waals surface area contributed by atoms with Crippen molar-refractivity contribution in [3.63, 3.8) is 0 Å². The van der Waals surface area contributed by atoms with E-state index in [1.54, 1.807) is 0 Å². The van der Waals surface area contributed by atoms with Crippen LogP contribution in [0, 0.1) is 11.8 Å². The molecule has 0 radical (unpaired) electrons. The molecule has 1 saturated carbocycles. The average molecular weight is 280 g/mol. The lowest BCUT2D eigenvalue weighted by molar-refractivity contribution is 0.264. The molecule has 0 bridgehead atoms. The fraction of sp³-hybridized carbons (Fsp3) is 1.00. The summed E-state index contributed by atoms with van der Waals surface area (Å²) in [5.74, 6) is 1.85. The van der Waals surface area contributed by atoms with Crippen molar-refractivity contribution in [1.29, 1.82) is 0 Å². The minimum atomic E-state index is 0.832. The van der Waals surface area contributed by atoms with E-state index in [4.69, 9.17) is 0 Å². The highest BCUT2D eigenvalue weighted by atomic mass is 15.1. The van der Waals surface area contributed by atoms with Crippen LogP contribution in [0.1, 0.15) is 71.6 Å². The van der Waals surface area contributed by atoms with Crippen LogP contribution in [0.2, 0.25) is 0 Å². The molecule has 1 aliphatic heterocycles. The van der Waals surface area contributed by atoms with Gasteiger partial charge in [0.05, 0.1) is 0 Å². The predicted octanol–water partition coefficient (Wildman–Crippen LogP) is 4.06. The van der Waals surface area contributed by atoms with Gasteiger partial charge >= 0.3 is 0 Å². The smallest absolute Gasteiger partial charge is 0.00670 e. The Labute approximate surface area is 126 Å². The number of nitrogens with one attached hydrogen (secondary N) is 1. The van der Waals surface area contributed by atoms with Crippen molar-refractivity contribution in [2.24, 2.45) is 11.8 Å². The first-order valence-electron chi connectivity index (χ1n) is 9.21. The van der Waals surface area contributed by atoms with Crippen molar-refractivity contribution in [3.05, 3.63) is 0 Å². The average Bonchev–Trinajstić information content (AvgIpc) is 2.70. The van der Waals surface area contributed by atoms with Crippen molar-refractivity contribution in [2.45, 2.75) is 77.7 Å². The van der Waals surface area contributed by atoms with Crippen molar-refractivity contribution in [2.75, 3.05) is 26.2 Å². The second kappa shape index (κ2) is 9.04. The zero-order valence-electron chi connectivity index (χ0n) is 13.9. The Morgan fingerprint density at radius 2 is 1.75 bits per heavy atom. The highest BCUT2D eigenvalue weighted by Crippen LogP contribution is 2.24. The SMILES string of the molecule is CC(C)C1CCCN(CCCNC2CCCCC2)CC1. The van der Waals surface area contributed by atoms with E-state index in [0.29, 0.717) is 0 Å². The Morgan fingerprint density at radius 1 is 0.950 bits per heavy atom. The Balaban J connectivity index is 1.55. The number of likely N-dealkylation sites (tertiary alicyclic amines) is 1. The molecule has 1 aliphatic carbocycles. The zero-order valence-corrected chi connectivity index (χ0v) is 13.9. The number of hydrogen-bond acceptors (Lipinski definition) is 2. The largest absolute Gasteiger partial charge is 0.314 e. The van der Waals surface area contributed by atoms with Gasteiger partial charge in [-0.05, 0) is 76.5 Å². The summed E-state index contributed by atoms with van der Waals surface area (Å²) < 4.78 is 0. The standard InChI is InChI=1S/C18H36N2/c1-16(2)17-8-6-13-20(15-11-17)14-7-12-19-18-9-4-3-5-10-18/h16-19H,3-15H2,1-2H3. The van der Waals surface area contributed by atoms with Gasteiger partial charge in [-0.2, -0.15) is 0 Å². The van der Waals surface area contributed by atoms with Crippen LogP contribution in [0.15, 0.2) is 0 Å². The molecule has 0 spiro atoms. The monoisotopic (exact) mass is 280 g/mol. The van der Waals surface area contributed by atoms with Crippen LogP contribution in [0.5, 0.6) is 0 Å². The van der Waals surface area contributed by atoms with E-state index in [2.05, 4.69) is 24.1 Å². The summed E-state index contributed by atoms with van der Waals surface area (Å²) in [5.41, 5.74) is 0. The van der Waals surface area contributed by atoms with Gasteiger partial charge in [0.2, 0.25) is 0 Å². The fourth-order valence-corrected chi connectivity index (χ4v) is 3.99. The lowest BCUT2D eigenvalue weighted by Gasteiger charge is -2.24. The maximum Gasteiger partial charge on any atom is 0.00670 e. The molecule has 0 aromatic carbocycles. The Hall–Kier alpha value is -0.0800. The molecule has 1 atom stereocenters. The maximum atomic E-state index is 3.78. The van der Waals surface area contributed by atoms with E-state index in [1.807, 2.05) is 0 Å². The molecule has 2 rings (SSSR count). The van der Waals surface area contributed by atoms with Gasteiger partial charge in [0, 0.05) is 6.04 Å². The molecule has 2 heteroatoms. The first kappa shape index (κ1) is 16.3. The normalized spacial score (nSPS) is 26.9. The van der Waals surface area contributed by atoms with E-state index >= 15 is 0 Å². The molecule has 2 aliphatic rings. The van der Waals surface area contributed by atoms with E-state index in [1.165, 1.54) is 84.0 Å². The first-order chi connectivity index (χ1) is 9.75. The molecular weight excluding hydrogens is 244 g/mol. The predicted molar refractivity (Wildman–Crippen MR) is 88.1 cm³/mol. The zero-order chi connectivity index (χ0) is 14.2. The summed E-state index contributed by atoms with van der Waals surface area (Å²) in [5, 5.41) is 3.78. The second-order valence-electron chi connectivity index (χ2n) is 7.42. The second-order valence-corrected chi connectivity index (χ2v) is 7.42. The molecular formula is C18H36N2. The van der Waals surface area contributed by atoms with Gasteiger partial charge in [0.25, 0.3) is 0 Å². The van der Waals surface area contributed by atoms with Crippen molar-refractivity contribution >= 4 is 0 Å². The van der Waals surface area contributed by atoms with Gasteiger partial charge in [0.1, 0.15) is 0 Å². The van der Waals surface area contributed by atoms with Crippen LogP contribution in [0.4, 0.5) is 0 Å². The molecule has 20 heavy (non-hydrogen) atoms. The van der Waals surface area contributed by atoms with Gasteiger partial charge in [-0.3, -0.25) is 0 Å². The van der Waals surface area contributed by atoms with Crippen LogP contribution in [0.25, 0.3) is 0 Å².